The molecule has 2 N–H and O–H groups in total. The van der Waals surface area contributed by atoms with Crippen molar-refractivity contribution in [3.05, 3.63) is 95.1 Å². The fourth-order valence-electron chi connectivity index (χ4n) is 3.38. The molecule has 174 valence electrons. The smallest absolute Gasteiger partial charge is 0.191 e. The maximum atomic E-state index is 5.81. The van der Waals surface area contributed by atoms with Gasteiger partial charge < -0.3 is 24.8 Å². The molecular formula is C27H33N3O3. The van der Waals surface area contributed by atoms with E-state index in [4.69, 9.17) is 14.2 Å². The summed E-state index contributed by atoms with van der Waals surface area (Å²) in [6, 6.07) is 24.6. The molecule has 0 aliphatic heterocycles. The standard InChI is InChI=1S/C27H33N3O3/c1-28-27(29-16-15-21-13-14-25(31-2)26(17-21)32-3)30-18-22-9-11-24(12-10-22)20-33-19-23-7-5-4-6-8-23/h4-14,17H,15-16,18-20H2,1-3H3,(H2,28,29,30). The van der Waals surface area contributed by atoms with Crippen molar-refractivity contribution in [2.24, 2.45) is 4.99 Å². The van der Waals surface area contributed by atoms with Crippen molar-refractivity contribution >= 4 is 5.96 Å². The Kier molecular flexibility index (Phi) is 9.61. The van der Waals surface area contributed by atoms with Crippen LogP contribution in [0.25, 0.3) is 0 Å². The molecule has 3 aromatic rings. The summed E-state index contributed by atoms with van der Waals surface area (Å²) < 4.78 is 16.5. The first-order valence-electron chi connectivity index (χ1n) is 11.1. The summed E-state index contributed by atoms with van der Waals surface area (Å²) in [7, 11) is 5.07. The molecule has 0 unspecified atom stereocenters. The zero-order valence-corrected chi connectivity index (χ0v) is 19.6. The average molecular weight is 448 g/mol. The van der Waals surface area contributed by atoms with E-state index >= 15 is 0 Å². The molecule has 6 heteroatoms. The lowest BCUT2D eigenvalue weighted by atomic mass is 10.1. The van der Waals surface area contributed by atoms with Crippen LogP contribution in [0.4, 0.5) is 0 Å². The minimum atomic E-state index is 0.599. The quantitative estimate of drug-likeness (QED) is 0.338. The minimum absolute atomic E-state index is 0.599. The summed E-state index contributed by atoms with van der Waals surface area (Å²) in [6.07, 6.45) is 0.846. The number of methoxy groups -OCH3 is 2. The van der Waals surface area contributed by atoms with Gasteiger partial charge in [0.15, 0.2) is 17.5 Å². The van der Waals surface area contributed by atoms with Crippen molar-refractivity contribution < 1.29 is 14.2 Å². The monoisotopic (exact) mass is 447 g/mol. The van der Waals surface area contributed by atoms with Crippen molar-refractivity contribution in [1.29, 1.82) is 0 Å². The Morgan fingerprint density at radius 1 is 0.727 bits per heavy atom. The van der Waals surface area contributed by atoms with Gasteiger partial charge in [0.2, 0.25) is 0 Å². The summed E-state index contributed by atoms with van der Waals surface area (Å²) in [6.45, 7) is 2.67. The zero-order chi connectivity index (χ0) is 23.3. The number of ether oxygens (including phenoxy) is 3. The van der Waals surface area contributed by atoms with Crippen LogP contribution in [0, 0.1) is 0 Å². The Labute approximate surface area is 196 Å². The Morgan fingerprint density at radius 2 is 1.36 bits per heavy atom. The zero-order valence-electron chi connectivity index (χ0n) is 19.6. The van der Waals surface area contributed by atoms with Gasteiger partial charge in [-0.2, -0.15) is 0 Å². The fourth-order valence-corrected chi connectivity index (χ4v) is 3.38. The Bertz CT molecular complexity index is 1000. The van der Waals surface area contributed by atoms with Gasteiger partial charge in [-0.15, -0.1) is 0 Å². The summed E-state index contributed by atoms with van der Waals surface area (Å²) >= 11 is 0. The third-order valence-corrected chi connectivity index (χ3v) is 5.24. The van der Waals surface area contributed by atoms with E-state index in [1.807, 2.05) is 36.4 Å². The van der Waals surface area contributed by atoms with Gasteiger partial charge in [0.25, 0.3) is 0 Å². The molecule has 0 saturated carbocycles. The molecule has 0 heterocycles. The summed E-state index contributed by atoms with van der Waals surface area (Å²) in [5.74, 6) is 2.25. The second-order valence-corrected chi connectivity index (χ2v) is 7.59. The highest BCUT2D eigenvalue weighted by molar-refractivity contribution is 5.79. The van der Waals surface area contributed by atoms with E-state index in [1.54, 1.807) is 21.3 Å². The topological polar surface area (TPSA) is 64.1 Å². The van der Waals surface area contributed by atoms with Crippen LogP contribution in [0.5, 0.6) is 11.5 Å². The Balaban J connectivity index is 1.39. The van der Waals surface area contributed by atoms with Gasteiger partial charge in [-0.25, -0.2) is 0 Å². The number of nitrogens with one attached hydrogen (secondary N) is 2. The van der Waals surface area contributed by atoms with E-state index in [0.29, 0.717) is 19.8 Å². The third-order valence-electron chi connectivity index (χ3n) is 5.24. The molecule has 0 aromatic heterocycles. The van der Waals surface area contributed by atoms with E-state index in [9.17, 15) is 0 Å². The number of hydrogen-bond acceptors (Lipinski definition) is 4. The van der Waals surface area contributed by atoms with Crippen molar-refractivity contribution in [2.45, 2.75) is 26.2 Å². The number of hydrogen-bond donors (Lipinski definition) is 2. The molecule has 0 saturated heterocycles. The third kappa shape index (κ3) is 7.84. The molecule has 0 amide bonds. The van der Waals surface area contributed by atoms with E-state index in [0.717, 1.165) is 36.0 Å². The van der Waals surface area contributed by atoms with Gasteiger partial charge in [-0.05, 0) is 40.8 Å². The van der Waals surface area contributed by atoms with Crippen molar-refractivity contribution in [2.75, 3.05) is 27.8 Å². The van der Waals surface area contributed by atoms with E-state index in [-0.39, 0.29) is 0 Å². The summed E-state index contributed by atoms with van der Waals surface area (Å²) in [5.41, 5.74) is 4.70. The highest BCUT2D eigenvalue weighted by Gasteiger charge is 2.05. The van der Waals surface area contributed by atoms with Gasteiger partial charge in [0, 0.05) is 20.1 Å². The summed E-state index contributed by atoms with van der Waals surface area (Å²) in [4.78, 5) is 4.31. The molecule has 0 fully saturated rings. The second kappa shape index (κ2) is 13.1. The second-order valence-electron chi connectivity index (χ2n) is 7.59. The van der Waals surface area contributed by atoms with Crippen LogP contribution in [-0.2, 0) is 30.9 Å². The van der Waals surface area contributed by atoms with Gasteiger partial charge in [-0.1, -0.05) is 60.7 Å². The lowest BCUT2D eigenvalue weighted by Gasteiger charge is -2.13. The number of aliphatic imine (C=N–C) groups is 1. The fraction of sp³-hybridized carbons (Fsp3) is 0.296. The SMILES string of the molecule is CN=C(NCCc1ccc(OC)c(OC)c1)NCc1ccc(COCc2ccccc2)cc1. The molecule has 0 bridgehead atoms. The average Bonchev–Trinajstić information content (AvgIpc) is 2.87. The molecule has 3 aromatic carbocycles. The molecule has 0 aliphatic carbocycles. The maximum absolute atomic E-state index is 5.81. The molecule has 33 heavy (non-hydrogen) atoms. The predicted octanol–water partition coefficient (Wildman–Crippen LogP) is 4.33. The number of benzene rings is 3. The van der Waals surface area contributed by atoms with E-state index < -0.39 is 0 Å². The van der Waals surface area contributed by atoms with Crippen molar-refractivity contribution in [3.8, 4) is 11.5 Å². The molecule has 0 aliphatic rings. The van der Waals surface area contributed by atoms with Gasteiger partial charge >= 0.3 is 0 Å². The lowest BCUT2D eigenvalue weighted by Crippen LogP contribution is -2.37. The highest BCUT2D eigenvalue weighted by Crippen LogP contribution is 2.27. The first kappa shape index (κ1) is 24.1. The van der Waals surface area contributed by atoms with Crippen molar-refractivity contribution in [3.63, 3.8) is 0 Å². The van der Waals surface area contributed by atoms with Crippen LogP contribution in [0.15, 0.2) is 77.8 Å². The normalized spacial score (nSPS) is 11.2. The van der Waals surface area contributed by atoms with Crippen LogP contribution < -0.4 is 20.1 Å². The lowest BCUT2D eigenvalue weighted by molar-refractivity contribution is 0.107. The predicted molar refractivity (Wildman–Crippen MR) is 133 cm³/mol. The van der Waals surface area contributed by atoms with Gasteiger partial charge in [-0.3, -0.25) is 4.99 Å². The van der Waals surface area contributed by atoms with Crippen LogP contribution in [0.1, 0.15) is 22.3 Å². The highest BCUT2D eigenvalue weighted by atomic mass is 16.5. The number of rotatable bonds is 11. The van der Waals surface area contributed by atoms with Gasteiger partial charge in [0.1, 0.15) is 0 Å². The minimum Gasteiger partial charge on any atom is -0.493 e. The first-order valence-corrected chi connectivity index (χ1v) is 11.1. The molecule has 0 atom stereocenters. The van der Waals surface area contributed by atoms with Crippen LogP contribution in [0.2, 0.25) is 0 Å². The summed E-state index contributed by atoms with van der Waals surface area (Å²) in [5, 5.41) is 6.72. The molecular weight excluding hydrogens is 414 g/mol. The Hall–Kier alpha value is -3.51. The van der Waals surface area contributed by atoms with Gasteiger partial charge in [0.05, 0.1) is 27.4 Å². The van der Waals surface area contributed by atoms with E-state index in [1.165, 1.54) is 16.7 Å². The first-order chi connectivity index (χ1) is 16.2. The van der Waals surface area contributed by atoms with E-state index in [2.05, 4.69) is 52.0 Å². The van der Waals surface area contributed by atoms with Crippen LogP contribution in [0.3, 0.4) is 0 Å². The molecule has 0 radical (unpaired) electrons. The molecule has 3 rings (SSSR count). The maximum Gasteiger partial charge on any atom is 0.191 e. The molecule has 6 nitrogen and oxygen atoms in total. The van der Waals surface area contributed by atoms with Crippen molar-refractivity contribution in [1.82, 2.24) is 10.6 Å². The molecule has 0 spiro atoms. The Morgan fingerprint density at radius 3 is 2.03 bits per heavy atom. The van der Waals surface area contributed by atoms with Crippen LogP contribution >= 0.6 is 0 Å². The van der Waals surface area contributed by atoms with Crippen LogP contribution in [-0.4, -0.2) is 33.8 Å². The number of guanidine groups is 1. The largest absolute Gasteiger partial charge is 0.493 e. The number of nitrogens with zero attached hydrogens (tertiary/aromatic N) is 1.